The molecule has 4 rings (SSSR count). The fourth-order valence-corrected chi connectivity index (χ4v) is 5.97. The molecule has 0 spiro atoms. The monoisotopic (exact) mass is 545 g/mol. The molecule has 0 aromatic heterocycles. The van der Waals surface area contributed by atoms with E-state index < -0.39 is 15.9 Å². The highest BCUT2D eigenvalue weighted by Gasteiger charge is 2.31. The molecule has 0 bridgehead atoms. The largest absolute Gasteiger partial charge is 0.402 e. The van der Waals surface area contributed by atoms with Crippen molar-refractivity contribution in [2.45, 2.75) is 37.6 Å². The van der Waals surface area contributed by atoms with Crippen molar-refractivity contribution in [1.82, 2.24) is 9.62 Å². The van der Waals surface area contributed by atoms with Crippen LogP contribution in [0, 0.1) is 0 Å². The number of anilines is 2. The number of sulfonamides is 1. The Hall–Kier alpha value is -3.24. The molecule has 0 radical (unpaired) electrons. The number of piperazine rings is 1. The van der Waals surface area contributed by atoms with Gasteiger partial charge in [-0.05, 0) is 74.7 Å². The summed E-state index contributed by atoms with van der Waals surface area (Å²) in [4.78, 5) is 31.3. The molecule has 0 saturated carbocycles. The van der Waals surface area contributed by atoms with Crippen LogP contribution in [0.25, 0.3) is 0 Å². The fraction of sp³-hybridized carbons (Fsp3) is 0.385. The lowest BCUT2D eigenvalue weighted by atomic mass is 10.00. The number of rotatable bonds is 6. The summed E-state index contributed by atoms with van der Waals surface area (Å²) in [5.41, 5.74) is 8.75. The predicted molar refractivity (Wildman–Crippen MR) is 145 cm³/mol. The third-order valence-corrected chi connectivity index (χ3v) is 8.32. The van der Waals surface area contributed by atoms with E-state index in [1.165, 1.54) is 24.6 Å². The van der Waals surface area contributed by atoms with Gasteiger partial charge in [-0.3, -0.25) is 9.59 Å². The van der Waals surface area contributed by atoms with Gasteiger partial charge in [0.15, 0.2) is 0 Å². The number of carbonyl (C=O) groups is 2. The predicted octanol–water partition coefficient (Wildman–Crippen LogP) is 2.50. The lowest BCUT2D eigenvalue weighted by molar-refractivity contribution is -0.132. The van der Waals surface area contributed by atoms with E-state index in [0.29, 0.717) is 31.2 Å². The van der Waals surface area contributed by atoms with E-state index >= 15 is 0 Å². The molecule has 0 unspecified atom stereocenters. The number of benzene rings is 2. The Kier molecular flexibility index (Phi) is 7.99. The first-order valence-electron chi connectivity index (χ1n) is 12.2. The first kappa shape index (κ1) is 26.8. The van der Waals surface area contributed by atoms with Crippen LogP contribution >= 0.6 is 11.6 Å². The number of allylic oxidation sites excluding steroid dienone is 1. The van der Waals surface area contributed by atoms with Crippen molar-refractivity contribution < 1.29 is 18.0 Å². The molecular weight excluding hydrogens is 514 g/mol. The van der Waals surface area contributed by atoms with Crippen LogP contribution in [0.3, 0.4) is 0 Å². The normalized spacial score (nSPS) is 17.3. The zero-order valence-corrected chi connectivity index (χ0v) is 22.6. The topological polar surface area (TPSA) is 116 Å². The van der Waals surface area contributed by atoms with Gasteiger partial charge in [-0.2, -0.15) is 0 Å². The highest BCUT2D eigenvalue weighted by Crippen LogP contribution is 2.31. The molecule has 2 aromatic carbocycles. The number of nitrogens with two attached hydrogens (primary N) is 1. The Morgan fingerprint density at radius 3 is 2.38 bits per heavy atom. The Morgan fingerprint density at radius 1 is 1.05 bits per heavy atom. The molecule has 37 heavy (non-hydrogen) atoms. The SMILES string of the molecule is C/C(N)=C/C(=O)NS(=O)(=O)c1ccc(N2CCN(C(=O)[C@@H](C)N3CCCc4cc(Cl)ccc43)CC2)cc1. The van der Waals surface area contributed by atoms with Crippen LogP contribution in [0.5, 0.6) is 0 Å². The van der Waals surface area contributed by atoms with Gasteiger partial charge in [-0.25, -0.2) is 13.1 Å². The first-order chi connectivity index (χ1) is 17.5. The number of halogens is 1. The van der Waals surface area contributed by atoms with Crippen molar-refractivity contribution in [1.29, 1.82) is 0 Å². The lowest BCUT2D eigenvalue weighted by Crippen LogP contribution is -2.55. The van der Waals surface area contributed by atoms with Gasteiger partial charge in [-0.15, -0.1) is 0 Å². The number of fused-ring (bicyclic) bond motifs is 1. The van der Waals surface area contributed by atoms with Crippen molar-refractivity contribution >= 4 is 44.8 Å². The third kappa shape index (κ3) is 6.19. The van der Waals surface area contributed by atoms with Gasteiger partial charge in [-0.1, -0.05) is 11.6 Å². The Bertz CT molecular complexity index is 1300. The lowest BCUT2D eigenvalue weighted by Gasteiger charge is -2.41. The van der Waals surface area contributed by atoms with Crippen molar-refractivity contribution in [3.63, 3.8) is 0 Å². The number of amides is 2. The van der Waals surface area contributed by atoms with Gasteiger partial charge in [0, 0.05) is 60.9 Å². The second-order valence-electron chi connectivity index (χ2n) is 9.41. The molecule has 11 heteroatoms. The summed E-state index contributed by atoms with van der Waals surface area (Å²) in [6.07, 6.45) is 2.97. The Balaban J connectivity index is 1.36. The first-order valence-corrected chi connectivity index (χ1v) is 14.1. The summed E-state index contributed by atoms with van der Waals surface area (Å²) in [5, 5.41) is 0.713. The molecule has 2 heterocycles. The molecule has 2 aliphatic heterocycles. The molecule has 3 N–H and O–H groups in total. The Morgan fingerprint density at radius 2 is 1.73 bits per heavy atom. The zero-order valence-electron chi connectivity index (χ0n) is 21.0. The number of carbonyl (C=O) groups excluding carboxylic acids is 2. The molecule has 198 valence electrons. The summed E-state index contributed by atoms with van der Waals surface area (Å²) >= 11 is 6.17. The second-order valence-corrected chi connectivity index (χ2v) is 11.5. The smallest absolute Gasteiger partial charge is 0.264 e. The van der Waals surface area contributed by atoms with Crippen molar-refractivity contribution in [3.05, 3.63) is 64.8 Å². The zero-order chi connectivity index (χ0) is 26.7. The van der Waals surface area contributed by atoms with Crippen molar-refractivity contribution in [3.8, 4) is 0 Å². The summed E-state index contributed by atoms with van der Waals surface area (Å²) in [5.74, 6) is -0.697. The van der Waals surface area contributed by atoms with Crippen LogP contribution < -0.4 is 20.3 Å². The molecule has 1 fully saturated rings. The summed E-state index contributed by atoms with van der Waals surface area (Å²) in [6, 6.07) is 11.9. The molecule has 2 aromatic rings. The van der Waals surface area contributed by atoms with Gasteiger partial charge < -0.3 is 20.4 Å². The van der Waals surface area contributed by atoms with E-state index in [1.807, 2.05) is 34.7 Å². The minimum Gasteiger partial charge on any atom is -0.402 e. The van der Waals surface area contributed by atoms with Crippen LogP contribution in [0.15, 0.2) is 59.1 Å². The number of nitrogens with zero attached hydrogens (tertiary/aromatic N) is 3. The molecule has 9 nitrogen and oxygen atoms in total. The highest BCUT2D eigenvalue weighted by atomic mass is 35.5. The molecule has 0 aliphatic carbocycles. The second kappa shape index (κ2) is 11.0. The van der Waals surface area contributed by atoms with E-state index in [1.54, 1.807) is 12.1 Å². The van der Waals surface area contributed by atoms with Gasteiger partial charge in [0.1, 0.15) is 6.04 Å². The molecule has 1 atom stereocenters. The summed E-state index contributed by atoms with van der Waals surface area (Å²) < 4.78 is 26.9. The highest BCUT2D eigenvalue weighted by molar-refractivity contribution is 7.90. The summed E-state index contributed by atoms with van der Waals surface area (Å²) in [6.45, 7) is 6.71. The molecule has 2 amide bonds. The van der Waals surface area contributed by atoms with Crippen molar-refractivity contribution in [2.75, 3.05) is 42.5 Å². The maximum Gasteiger partial charge on any atom is 0.264 e. The van der Waals surface area contributed by atoms with Crippen LogP contribution in [-0.4, -0.2) is 63.9 Å². The van der Waals surface area contributed by atoms with Crippen LogP contribution in [-0.2, 0) is 26.0 Å². The van der Waals surface area contributed by atoms with Gasteiger partial charge in [0.05, 0.1) is 4.90 Å². The number of hydrogen-bond donors (Lipinski definition) is 2. The van der Waals surface area contributed by atoms with E-state index in [-0.39, 0.29) is 22.5 Å². The standard InChI is InChI=1S/C26H32ClN5O4S/c1-18(28)16-25(33)29-37(35,36)23-8-6-22(7-9-23)30-12-14-31(15-13-30)26(34)19(2)32-11-3-4-20-17-21(27)5-10-24(20)32/h5-10,16-17,19H,3-4,11-15,28H2,1-2H3,(H,29,33)/b18-16-/t19-/m1/s1. The molecular formula is C26H32ClN5O4S. The Labute approximate surface area is 222 Å². The van der Waals surface area contributed by atoms with Crippen LogP contribution in [0.2, 0.25) is 5.02 Å². The summed E-state index contributed by atoms with van der Waals surface area (Å²) in [7, 11) is -4.00. The van der Waals surface area contributed by atoms with E-state index in [0.717, 1.165) is 36.8 Å². The van der Waals surface area contributed by atoms with E-state index in [2.05, 4.69) is 9.80 Å². The number of nitrogens with one attached hydrogen (secondary N) is 1. The van der Waals surface area contributed by atoms with E-state index in [9.17, 15) is 18.0 Å². The minimum atomic E-state index is -4.00. The molecule has 2 aliphatic rings. The fourth-order valence-electron chi connectivity index (χ4n) is 4.84. The minimum absolute atomic E-state index is 0.0154. The molecule has 1 saturated heterocycles. The van der Waals surface area contributed by atoms with E-state index in [4.69, 9.17) is 17.3 Å². The van der Waals surface area contributed by atoms with Crippen molar-refractivity contribution in [2.24, 2.45) is 5.73 Å². The van der Waals surface area contributed by atoms with Gasteiger partial charge in [0.2, 0.25) is 5.91 Å². The van der Waals surface area contributed by atoms with Gasteiger partial charge in [0.25, 0.3) is 15.9 Å². The average Bonchev–Trinajstić information content (AvgIpc) is 2.86. The van der Waals surface area contributed by atoms with Gasteiger partial charge >= 0.3 is 0 Å². The maximum atomic E-state index is 13.4. The average molecular weight is 546 g/mol. The number of aryl methyl sites for hydroxylation is 1. The third-order valence-electron chi connectivity index (χ3n) is 6.72. The maximum absolute atomic E-state index is 13.4. The quantitative estimate of drug-likeness (QED) is 0.536. The van der Waals surface area contributed by atoms with Crippen LogP contribution in [0.4, 0.5) is 11.4 Å². The van der Waals surface area contributed by atoms with Crippen LogP contribution in [0.1, 0.15) is 25.8 Å². The number of hydrogen-bond acceptors (Lipinski definition) is 7.